The summed E-state index contributed by atoms with van der Waals surface area (Å²) in [6, 6.07) is 48.2. The molecule has 0 aliphatic heterocycles. The Hall–Kier alpha value is -8.67. The van der Waals surface area contributed by atoms with Gasteiger partial charge in [-0.2, -0.15) is 0 Å². The van der Waals surface area contributed by atoms with Gasteiger partial charge in [-0.05, 0) is 202 Å². The maximum Gasteiger partial charge on any atom is 0.514 e. The molecule has 0 heterocycles. The molecule has 0 radical (unpaired) electrons. The average molecular weight is 1360 g/mol. The Bertz CT molecular complexity index is 3650. The van der Waals surface area contributed by atoms with Gasteiger partial charge in [0.05, 0.1) is 24.7 Å². The molecule has 4 aliphatic rings. The van der Waals surface area contributed by atoms with Crippen LogP contribution < -0.4 is 35.2 Å². The van der Waals surface area contributed by atoms with Crippen LogP contribution in [0, 0.1) is 56.5 Å². The fourth-order valence-corrected chi connectivity index (χ4v) is 17.3. The molecule has 17 nitrogen and oxygen atoms in total. The molecule has 0 saturated heterocycles. The van der Waals surface area contributed by atoms with Crippen molar-refractivity contribution >= 4 is 58.2 Å². The van der Waals surface area contributed by atoms with Crippen molar-refractivity contribution in [3.05, 3.63) is 197 Å². The van der Waals surface area contributed by atoms with Crippen LogP contribution in [0.3, 0.4) is 0 Å². The predicted molar refractivity (Wildman–Crippen MR) is 393 cm³/mol. The van der Waals surface area contributed by atoms with E-state index >= 15 is 0 Å². The highest BCUT2D eigenvalue weighted by molar-refractivity contribution is 5.97. The van der Waals surface area contributed by atoms with Gasteiger partial charge < -0.3 is 40.2 Å². The van der Waals surface area contributed by atoms with Crippen LogP contribution in [0.4, 0.5) is 33.2 Å². The highest BCUT2D eigenvalue weighted by Gasteiger charge is 2.59. The van der Waals surface area contributed by atoms with Crippen molar-refractivity contribution in [2.45, 2.75) is 181 Å². The summed E-state index contributed by atoms with van der Waals surface area (Å²) in [6.45, 7) is 14.0. The quantitative estimate of drug-likeness (QED) is 0.00567. The number of hydrogen-bond donors (Lipinski definition) is 4. The Morgan fingerprint density at radius 3 is 1.98 bits per heavy atom. The van der Waals surface area contributed by atoms with Crippen LogP contribution >= 0.6 is 0 Å². The molecule has 0 unspecified atom stereocenters. The zero-order valence-corrected chi connectivity index (χ0v) is 59.5. The van der Waals surface area contributed by atoms with Crippen LogP contribution in [0.25, 0.3) is 0 Å². The SMILES string of the molecule is COc1ccc([N+](CCCC[C@H](NC(=O)C[C@H](Cc2ccccc2)NC(=O)CCC(=O)NCCCO[C@H]2CC[C@@]3(C)C(=CC[C@H]4[C@@H]5CC[C@H]([C@H](C)CCCC(C)C)[C@@]5(C)CC[C@@H]43)C2)C(=O)Nc2ccc(COC(=O)Oc3ccc([N+](=O)[O-])cc3)cc2)(c2ccccc2)c2ccccc2)cc1. The van der Waals surface area contributed by atoms with Gasteiger partial charge in [-0.25, -0.2) is 9.28 Å². The molecule has 0 aromatic heterocycles. The molecule has 4 aliphatic carbocycles. The second-order valence-corrected chi connectivity index (χ2v) is 29.5. The highest BCUT2D eigenvalue weighted by Crippen LogP contribution is 2.67. The number of non-ortho nitro benzene ring substituents is 1. The largest absolute Gasteiger partial charge is 0.514 e. The molecule has 3 saturated carbocycles. The van der Waals surface area contributed by atoms with Gasteiger partial charge in [0.15, 0.2) is 0 Å². The van der Waals surface area contributed by atoms with E-state index in [9.17, 15) is 34.1 Å². The van der Waals surface area contributed by atoms with E-state index in [2.05, 4.69) is 98.4 Å². The Labute approximate surface area is 591 Å². The lowest BCUT2D eigenvalue weighted by Crippen LogP contribution is -2.51. The highest BCUT2D eigenvalue weighted by atomic mass is 16.7. The maximum atomic E-state index is 14.6. The lowest BCUT2D eigenvalue weighted by molar-refractivity contribution is -0.384. The zero-order chi connectivity index (χ0) is 70.7. The number of nitro groups is 1. The normalized spacial score (nSPS) is 21.7. The minimum atomic E-state index is -1.01. The second-order valence-electron chi connectivity index (χ2n) is 29.5. The number of methoxy groups -OCH3 is 1. The number of rotatable bonds is 34. The molecule has 17 heteroatoms. The standard InChI is InChI=1S/C83H104N6O11/c1-58(2)20-18-21-59(3)73-43-44-74-72-42-31-62-55-71(47-49-82(62,4)75(72)48-50-83(73,74)5)98-53-19-51-84-77(90)45-46-78(91)85-64(54-60-22-10-7-11-23-60)56-79(92)87-76(80(93)86-63-32-29-61(30-33-63)57-99-81(94)100-70-38-34-65(35-39-70)88(95)96)28-16-17-52-89(66-24-12-8-13-25-66,67-26-14-9-15-27-67)68-36-40-69(97-6)41-37-68/h7-15,22-27,29-41,58-59,64,71-76H,16-21,28,42-57H2,1-6H3,(H3-,84,85,86,87,90,91,92,93)/p+1/t59-,64+,71+,72+,73-,74+,75+,76+,82+,83-/m1/s1. The van der Waals surface area contributed by atoms with Gasteiger partial charge in [-0.1, -0.05) is 144 Å². The van der Waals surface area contributed by atoms with Gasteiger partial charge in [-0.15, -0.1) is 0 Å². The van der Waals surface area contributed by atoms with Gasteiger partial charge in [0.25, 0.3) is 5.69 Å². The first-order valence-electron chi connectivity index (χ1n) is 36.7. The Morgan fingerprint density at radius 2 is 1.31 bits per heavy atom. The number of anilines is 1. The topological polar surface area (TPSA) is 214 Å². The van der Waals surface area contributed by atoms with Crippen molar-refractivity contribution in [2.24, 2.45) is 46.3 Å². The monoisotopic (exact) mass is 1360 g/mol. The summed E-state index contributed by atoms with van der Waals surface area (Å²) in [5.41, 5.74) is 7.22. The molecule has 3 fully saturated rings. The zero-order valence-electron chi connectivity index (χ0n) is 59.5. The number of amides is 4. The van der Waals surface area contributed by atoms with E-state index in [4.69, 9.17) is 18.9 Å². The van der Waals surface area contributed by atoms with E-state index in [0.717, 1.165) is 76.7 Å². The molecule has 10 atom stereocenters. The van der Waals surface area contributed by atoms with Crippen LogP contribution in [0.5, 0.6) is 11.5 Å². The number of unbranched alkanes of at least 4 members (excludes halogenated alkanes) is 1. The summed E-state index contributed by atoms with van der Waals surface area (Å²) < 4.78 is 23.0. The number of benzene rings is 6. The fraction of sp³-hybridized carbons (Fsp3) is 0.482. The molecule has 6 aromatic carbocycles. The summed E-state index contributed by atoms with van der Waals surface area (Å²) in [7, 11) is 1.64. The molecule has 0 spiro atoms. The van der Waals surface area contributed by atoms with E-state index in [1.807, 2.05) is 78.9 Å². The summed E-state index contributed by atoms with van der Waals surface area (Å²) in [6.07, 6.45) is 18.1. The number of fused-ring (bicyclic) bond motifs is 5. The van der Waals surface area contributed by atoms with Crippen molar-refractivity contribution in [1.82, 2.24) is 20.4 Å². The van der Waals surface area contributed by atoms with Crippen LogP contribution in [-0.2, 0) is 41.7 Å². The number of allylic oxidation sites excluding steroid dienone is 1. The number of hydrogen-bond acceptors (Lipinski definition) is 11. The number of nitrogens with one attached hydrogen (secondary N) is 4. The fourth-order valence-electron chi connectivity index (χ4n) is 17.3. The molecular formula is C83H105N6O11+. The molecule has 532 valence electrons. The second kappa shape index (κ2) is 35.1. The van der Waals surface area contributed by atoms with E-state index in [0.29, 0.717) is 66.5 Å². The summed E-state index contributed by atoms with van der Waals surface area (Å²) in [4.78, 5) is 79.1. The predicted octanol–water partition coefficient (Wildman–Crippen LogP) is 17.4. The summed E-state index contributed by atoms with van der Waals surface area (Å²) in [5.74, 6) is 4.16. The molecule has 10 rings (SSSR count). The number of carbonyl (C=O) groups is 5. The lowest BCUT2D eigenvalue weighted by atomic mass is 9.47. The summed E-state index contributed by atoms with van der Waals surface area (Å²) in [5, 5.41) is 23.2. The molecule has 100 heavy (non-hydrogen) atoms. The van der Waals surface area contributed by atoms with Gasteiger partial charge >= 0.3 is 6.16 Å². The third-order valence-corrected chi connectivity index (χ3v) is 22.6. The Morgan fingerprint density at radius 1 is 0.650 bits per heavy atom. The van der Waals surface area contributed by atoms with Crippen molar-refractivity contribution < 1.29 is 47.8 Å². The van der Waals surface area contributed by atoms with E-state index in [-0.39, 0.29) is 67.1 Å². The first kappa shape index (κ1) is 74.0. The average Bonchev–Trinajstić information content (AvgIpc) is 1.40. The molecule has 4 amide bonds. The van der Waals surface area contributed by atoms with Gasteiger partial charge in [0.1, 0.15) is 41.2 Å². The Kier molecular flexibility index (Phi) is 26.0. The van der Waals surface area contributed by atoms with Crippen LogP contribution in [0.1, 0.15) is 161 Å². The first-order valence-corrected chi connectivity index (χ1v) is 36.7. The number of carbonyl (C=O) groups excluding carboxylic acids is 5. The van der Waals surface area contributed by atoms with Gasteiger partial charge in [-0.3, -0.25) is 29.3 Å². The number of ether oxygens (including phenoxy) is 4. The van der Waals surface area contributed by atoms with Gasteiger partial charge in [0.2, 0.25) is 23.6 Å². The van der Waals surface area contributed by atoms with Gasteiger partial charge in [0, 0.05) is 68.4 Å². The molecule has 4 N–H and O–H groups in total. The number of para-hydroxylation sites is 2. The third kappa shape index (κ3) is 19.0. The molecule has 0 bridgehead atoms. The van der Waals surface area contributed by atoms with Crippen molar-refractivity contribution in [3.63, 3.8) is 0 Å². The van der Waals surface area contributed by atoms with Crippen molar-refractivity contribution in [1.29, 1.82) is 0 Å². The molecule has 6 aromatic rings. The number of nitrogens with zero attached hydrogens (tertiary/aromatic N) is 2. The van der Waals surface area contributed by atoms with Crippen molar-refractivity contribution in [2.75, 3.05) is 32.1 Å². The minimum Gasteiger partial charge on any atom is -0.497 e. The van der Waals surface area contributed by atoms with Crippen molar-refractivity contribution in [3.8, 4) is 11.5 Å². The first-order chi connectivity index (χ1) is 48.3. The maximum absolute atomic E-state index is 14.6. The van der Waals surface area contributed by atoms with Crippen LogP contribution in [-0.4, -0.2) is 79.7 Å². The molecular weight excluding hydrogens is 1260 g/mol. The smallest absolute Gasteiger partial charge is 0.497 e. The van der Waals surface area contributed by atoms with E-state index in [1.54, 1.807) is 36.9 Å². The van der Waals surface area contributed by atoms with E-state index < -0.39 is 35.0 Å². The third-order valence-electron chi connectivity index (χ3n) is 22.6. The van der Waals surface area contributed by atoms with Crippen LogP contribution in [0.15, 0.2) is 175 Å². The number of quaternary nitrogens is 1. The van der Waals surface area contributed by atoms with E-state index in [1.165, 1.54) is 82.1 Å². The lowest BCUT2D eigenvalue weighted by Gasteiger charge is -2.58. The minimum absolute atomic E-state index is 0.0213. The Balaban J connectivity index is 0.730. The summed E-state index contributed by atoms with van der Waals surface area (Å²) >= 11 is 0. The number of nitro benzene ring substituents is 1. The van der Waals surface area contributed by atoms with Crippen LogP contribution in [0.2, 0.25) is 0 Å².